The van der Waals surface area contributed by atoms with Gasteiger partial charge in [-0.1, -0.05) is 270 Å². The number of hydrogen-bond acceptors (Lipinski definition) is 0. The minimum Gasteiger partial charge on any atom is -0.122 e. The van der Waals surface area contributed by atoms with Crippen LogP contribution in [0.2, 0.25) is 0 Å². The molecule has 1 radical (unpaired) electrons. The maximum atomic E-state index is 4.26. The van der Waals surface area contributed by atoms with Gasteiger partial charge in [0.15, 0.2) is 0 Å². The van der Waals surface area contributed by atoms with Crippen molar-refractivity contribution in [2.75, 3.05) is 0 Å². The van der Waals surface area contributed by atoms with Gasteiger partial charge in [-0.2, -0.15) is 0 Å². The molecule has 4 aromatic carbocycles. The molecule has 2 saturated carbocycles. The zero-order chi connectivity index (χ0) is 44.8. The molecule has 2 aliphatic rings. The molecule has 0 aliphatic heterocycles. The number of benzene rings is 4. The van der Waals surface area contributed by atoms with Crippen LogP contribution in [0.4, 0.5) is 0 Å². The van der Waals surface area contributed by atoms with E-state index in [1.165, 1.54) is 118 Å². The summed E-state index contributed by atoms with van der Waals surface area (Å²) in [5.41, 5.74) is 17.1. The van der Waals surface area contributed by atoms with Crippen molar-refractivity contribution in [2.45, 2.75) is 223 Å². The first-order chi connectivity index (χ1) is 28.3. The summed E-state index contributed by atoms with van der Waals surface area (Å²) >= 11 is 0. The summed E-state index contributed by atoms with van der Waals surface area (Å²) in [5, 5.41) is 0. The quantitative estimate of drug-likeness (QED) is 0.139. The second kappa shape index (κ2) is 26.2. The average molecular weight is 871 g/mol. The van der Waals surface area contributed by atoms with E-state index >= 15 is 0 Å². The van der Waals surface area contributed by atoms with E-state index in [0.29, 0.717) is 47.3 Å². The first-order valence-electron chi connectivity index (χ1n) is 24.7. The molecule has 0 saturated heterocycles. The van der Waals surface area contributed by atoms with Gasteiger partial charge in [0.2, 0.25) is 0 Å². The summed E-state index contributed by atoms with van der Waals surface area (Å²) in [4.78, 5) is 0. The minimum absolute atomic E-state index is 0. The molecule has 0 amide bonds. The Morgan fingerprint density at radius 1 is 0.344 bits per heavy atom. The largest absolute Gasteiger partial charge is 0.122 e. The van der Waals surface area contributed by atoms with Gasteiger partial charge in [0, 0.05) is 16.8 Å². The molecular formula is C60H91Co-. The molecule has 0 spiro atoms. The standard InChI is InChI=1S/C42H61.2C6H12.C6H6.Co/c1-23(2)31-17-35(27(9)10)41(36(18-31)28(11)12)39-22-40(34(26(7)8)21-33(39)25(5)6)42-37(29(13)14)19-32(24(3)4)20-38(42)30(15)16;2*1-6-4-2-3-5-6;1-2-4-6-5-3-1;/h17-21,23-30H,1-16H3;2*6H,2-5H2,1H3;1-6H;/q-1;;;;. The first-order valence-corrected chi connectivity index (χ1v) is 24.7. The predicted octanol–water partition coefficient (Wildman–Crippen LogP) is 19.9. The third kappa shape index (κ3) is 15.9. The van der Waals surface area contributed by atoms with Gasteiger partial charge in [-0.05, 0) is 70.3 Å². The second-order valence-corrected chi connectivity index (χ2v) is 21.3. The number of rotatable bonds is 10. The summed E-state index contributed by atoms with van der Waals surface area (Å²) in [6, 6.07) is 28.8. The SMILES string of the molecule is CC(C)c1cc(C(C)C)c(-c2[c-]c(-c3c(C(C)C)cc(C(C)C)cc3C(C)C)c(C(C)C)cc2C(C)C)c(C(C)C)c1.CC1CCCC1.CC1CCCC1.[Co].c1ccccc1. The van der Waals surface area contributed by atoms with Gasteiger partial charge < -0.3 is 0 Å². The van der Waals surface area contributed by atoms with E-state index in [1.807, 2.05) is 36.4 Å². The van der Waals surface area contributed by atoms with E-state index in [4.69, 9.17) is 0 Å². The van der Waals surface area contributed by atoms with E-state index < -0.39 is 0 Å². The monoisotopic (exact) mass is 871 g/mol. The zero-order valence-electron chi connectivity index (χ0n) is 42.6. The van der Waals surface area contributed by atoms with Gasteiger partial charge in [0.1, 0.15) is 0 Å². The summed E-state index contributed by atoms with van der Waals surface area (Å²) in [7, 11) is 0. The molecule has 61 heavy (non-hydrogen) atoms. The molecule has 0 heterocycles. The van der Waals surface area contributed by atoms with Crippen molar-refractivity contribution < 1.29 is 16.8 Å². The molecule has 0 aromatic heterocycles. The van der Waals surface area contributed by atoms with Crippen molar-refractivity contribution in [2.24, 2.45) is 11.8 Å². The Labute approximate surface area is 389 Å². The van der Waals surface area contributed by atoms with Crippen LogP contribution in [0.25, 0.3) is 22.3 Å². The molecule has 0 atom stereocenters. The Bertz CT molecular complexity index is 1640. The van der Waals surface area contributed by atoms with Gasteiger partial charge in [-0.15, -0.1) is 34.4 Å². The van der Waals surface area contributed by atoms with Crippen LogP contribution in [0.1, 0.15) is 268 Å². The maximum absolute atomic E-state index is 4.26. The van der Waals surface area contributed by atoms with Gasteiger partial charge in [0.25, 0.3) is 0 Å². The minimum atomic E-state index is 0. The molecule has 6 rings (SSSR count). The van der Waals surface area contributed by atoms with Crippen LogP contribution in [0.15, 0.2) is 66.7 Å². The van der Waals surface area contributed by atoms with E-state index in [-0.39, 0.29) is 16.8 Å². The second-order valence-electron chi connectivity index (χ2n) is 21.3. The third-order valence-corrected chi connectivity index (χ3v) is 13.1. The molecule has 0 nitrogen and oxygen atoms in total. The van der Waals surface area contributed by atoms with Crippen molar-refractivity contribution in [3.63, 3.8) is 0 Å². The fourth-order valence-corrected chi connectivity index (χ4v) is 9.04. The van der Waals surface area contributed by atoms with Gasteiger partial charge >= 0.3 is 0 Å². The Morgan fingerprint density at radius 2 is 0.574 bits per heavy atom. The van der Waals surface area contributed by atoms with E-state index in [0.717, 1.165) is 11.8 Å². The van der Waals surface area contributed by atoms with E-state index in [1.54, 1.807) is 0 Å². The maximum Gasteiger partial charge on any atom is 0 e. The molecular weight excluding hydrogens is 780 g/mol. The molecule has 0 unspecified atom stereocenters. The summed E-state index contributed by atoms with van der Waals surface area (Å²) in [6.07, 6.45) is 11.9. The Kier molecular flexibility index (Phi) is 23.5. The summed E-state index contributed by atoms with van der Waals surface area (Å²) in [6.45, 7) is 42.3. The van der Waals surface area contributed by atoms with Crippen LogP contribution >= 0.6 is 0 Å². The first kappa shape index (κ1) is 54.5. The van der Waals surface area contributed by atoms with Crippen molar-refractivity contribution >= 4 is 0 Å². The molecule has 1 heteroatoms. The Balaban J connectivity index is 0.000000546. The van der Waals surface area contributed by atoms with Gasteiger partial charge in [0.05, 0.1) is 0 Å². The average Bonchev–Trinajstić information content (AvgIpc) is 3.90. The Hall–Kier alpha value is -2.61. The molecule has 0 bridgehead atoms. The van der Waals surface area contributed by atoms with Crippen LogP contribution in [-0.4, -0.2) is 0 Å². The number of hydrogen-bond donors (Lipinski definition) is 0. The normalized spacial score (nSPS) is 14.5. The topological polar surface area (TPSA) is 0 Å². The van der Waals surface area contributed by atoms with E-state index in [2.05, 4.69) is 161 Å². The van der Waals surface area contributed by atoms with Crippen molar-refractivity contribution in [3.8, 4) is 22.3 Å². The van der Waals surface area contributed by atoms with Gasteiger partial charge in [-0.3, -0.25) is 0 Å². The van der Waals surface area contributed by atoms with Gasteiger partial charge in [-0.25, -0.2) is 0 Å². The fraction of sp³-hybridized carbons (Fsp3) is 0.600. The summed E-state index contributed by atoms with van der Waals surface area (Å²) in [5.74, 6) is 5.64. The molecule has 4 aromatic rings. The van der Waals surface area contributed by atoms with Crippen molar-refractivity contribution in [3.05, 3.63) is 117 Å². The third-order valence-electron chi connectivity index (χ3n) is 13.1. The van der Waals surface area contributed by atoms with Crippen molar-refractivity contribution in [1.29, 1.82) is 0 Å². The van der Waals surface area contributed by atoms with Crippen LogP contribution in [0.5, 0.6) is 0 Å². The molecule has 2 aliphatic carbocycles. The van der Waals surface area contributed by atoms with Crippen LogP contribution in [0, 0.1) is 17.9 Å². The Morgan fingerprint density at radius 3 is 0.738 bits per heavy atom. The van der Waals surface area contributed by atoms with Crippen LogP contribution in [0.3, 0.4) is 0 Å². The summed E-state index contributed by atoms with van der Waals surface area (Å²) < 4.78 is 0. The molecule has 341 valence electrons. The van der Waals surface area contributed by atoms with Crippen LogP contribution < -0.4 is 0 Å². The molecule has 2 fully saturated rings. The van der Waals surface area contributed by atoms with E-state index in [9.17, 15) is 0 Å². The van der Waals surface area contributed by atoms with Crippen LogP contribution in [-0.2, 0) is 16.8 Å². The molecule has 0 N–H and O–H groups in total. The smallest absolute Gasteiger partial charge is 0 e. The fourth-order valence-electron chi connectivity index (χ4n) is 9.04. The van der Waals surface area contributed by atoms with Crippen molar-refractivity contribution in [1.82, 2.24) is 0 Å². The zero-order valence-corrected chi connectivity index (χ0v) is 43.7. The predicted molar refractivity (Wildman–Crippen MR) is 271 cm³/mol.